The van der Waals surface area contributed by atoms with Crippen molar-refractivity contribution in [2.24, 2.45) is 5.11 Å². The van der Waals surface area contributed by atoms with Crippen molar-refractivity contribution >= 4 is 0 Å². The summed E-state index contributed by atoms with van der Waals surface area (Å²) in [5.41, 5.74) is 10.4. The van der Waals surface area contributed by atoms with Crippen molar-refractivity contribution in [1.82, 2.24) is 9.55 Å². The van der Waals surface area contributed by atoms with E-state index in [4.69, 9.17) is 5.53 Å². The van der Waals surface area contributed by atoms with E-state index >= 15 is 0 Å². The molecule has 0 aliphatic rings. The summed E-state index contributed by atoms with van der Waals surface area (Å²) in [6.07, 6.45) is -2.67. The largest absolute Gasteiger partial charge is 0.450 e. The number of azide groups is 1. The maximum atomic E-state index is 13.4. The van der Waals surface area contributed by atoms with Gasteiger partial charge in [-0.3, -0.25) is 4.57 Å². The second-order valence-corrected chi connectivity index (χ2v) is 5.55. The minimum absolute atomic E-state index is 0.255. The van der Waals surface area contributed by atoms with E-state index in [2.05, 4.69) is 15.0 Å². The van der Waals surface area contributed by atoms with E-state index < -0.39 is 12.0 Å². The molecule has 0 aliphatic carbocycles. The third-order valence-corrected chi connectivity index (χ3v) is 3.81. The van der Waals surface area contributed by atoms with E-state index in [0.717, 1.165) is 10.1 Å². The summed E-state index contributed by atoms with van der Waals surface area (Å²) in [5, 5.41) is 3.45. The van der Waals surface area contributed by atoms with Crippen molar-refractivity contribution in [3.63, 3.8) is 0 Å². The standard InChI is InChI=1S/C18H14F3N5/c19-18(20,21)17-24-16(14-4-2-1-3-5-14)12-26(17)15-8-6-13(7-9-15)10-11-23-25-22/h1-9,12H,10-11H2. The Hall–Kier alpha value is -3.25. The molecule has 8 heteroatoms. The molecule has 0 N–H and O–H groups in total. The lowest BCUT2D eigenvalue weighted by molar-refractivity contribution is -0.145. The maximum Gasteiger partial charge on any atom is 0.450 e. The first kappa shape index (κ1) is 17.6. The van der Waals surface area contributed by atoms with Crippen molar-refractivity contribution in [2.45, 2.75) is 12.6 Å². The summed E-state index contributed by atoms with van der Waals surface area (Å²) in [5.74, 6) is -0.974. The number of imidazole rings is 1. The molecular weight excluding hydrogens is 343 g/mol. The minimum Gasteiger partial charge on any atom is -0.296 e. The highest BCUT2D eigenvalue weighted by atomic mass is 19.4. The molecule has 0 saturated heterocycles. The molecular formula is C18H14F3N5. The Labute approximate surface area is 147 Å². The molecule has 0 radical (unpaired) electrons. The van der Waals surface area contributed by atoms with Gasteiger partial charge in [0.15, 0.2) is 0 Å². The first-order chi connectivity index (χ1) is 12.5. The number of aromatic nitrogens is 2. The molecule has 132 valence electrons. The summed E-state index contributed by atoms with van der Waals surface area (Å²) in [6, 6.07) is 15.3. The number of hydrogen-bond donors (Lipinski definition) is 0. The third-order valence-electron chi connectivity index (χ3n) is 3.81. The van der Waals surface area contributed by atoms with Crippen LogP contribution in [0.25, 0.3) is 27.4 Å². The highest BCUT2D eigenvalue weighted by Crippen LogP contribution is 2.33. The topological polar surface area (TPSA) is 66.6 Å². The SMILES string of the molecule is [N-]=[N+]=NCCc1ccc(-n2cc(-c3ccccc3)nc2C(F)(F)F)cc1. The minimum atomic E-state index is -4.58. The normalized spacial score (nSPS) is 11.2. The predicted octanol–water partition coefficient (Wildman–Crippen LogP) is 5.41. The van der Waals surface area contributed by atoms with Gasteiger partial charge in [-0.05, 0) is 29.6 Å². The van der Waals surface area contributed by atoms with Crippen molar-refractivity contribution in [3.8, 4) is 16.9 Å². The van der Waals surface area contributed by atoms with Gasteiger partial charge < -0.3 is 0 Å². The first-order valence-electron chi connectivity index (χ1n) is 7.81. The van der Waals surface area contributed by atoms with Crippen LogP contribution >= 0.6 is 0 Å². The molecule has 0 aliphatic heterocycles. The van der Waals surface area contributed by atoms with Gasteiger partial charge in [-0.25, -0.2) is 4.98 Å². The summed E-state index contributed by atoms with van der Waals surface area (Å²) in [7, 11) is 0. The number of alkyl halides is 3. The monoisotopic (exact) mass is 357 g/mol. The van der Waals surface area contributed by atoms with E-state index in [0.29, 0.717) is 24.2 Å². The van der Waals surface area contributed by atoms with Gasteiger partial charge in [-0.15, -0.1) is 0 Å². The Balaban J connectivity index is 1.98. The fourth-order valence-corrected chi connectivity index (χ4v) is 2.57. The maximum absolute atomic E-state index is 13.4. The summed E-state index contributed by atoms with van der Waals surface area (Å²) >= 11 is 0. The van der Waals surface area contributed by atoms with Gasteiger partial charge in [0.25, 0.3) is 0 Å². The third kappa shape index (κ3) is 3.87. The fourth-order valence-electron chi connectivity index (χ4n) is 2.57. The Kier molecular flexibility index (Phi) is 4.95. The van der Waals surface area contributed by atoms with Gasteiger partial charge in [0.05, 0.1) is 5.69 Å². The van der Waals surface area contributed by atoms with Gasteiger partial charge in [0.2, 0.25) is 5.82 Å². The highest BCUT2D eigenvalue weighted by Gasteiger charge is 2.37. The van der Waals surface area contributed by atoms with Crippen LogP contribution in [0.4, 0.5) is 13.2 Å². The van der Waals surface area contributed by atoms with Crippen LogP contribution in [0.1, 0.15) is 11.4 Å². The molecule has 0 saturated carbocycles. The summed E-state index contributed by atoms with van der Waals surface area (Å²) < 4.78 is 41.3. The Morgan fingerprint density at radius 3 is 2.35 bits per heavy atom. The number of halogens is 3. The van der Waals surface area contributed by atoms with Crippen LogP contribution in [-0.2, 0) is 12.6 Å². The van der Waals surface area contributed by atoms with Gasteiger partial charge in [0.1, 0.15) is 0 Å². The quantitative estimate of drug-likeness (QED) is 0.342. The molecule has 0 atom stereocenters. The molecule has 3 aromatic rings. The number of benzene rings is 2. The molecule has 0 bridgehead atoms. The van der Waals surface area contributed by atoms with E-state index in [9.17, 15) is 13.2 Å². The second-order valence-electron chi connectivity index (χ2n) is 5.55. The Morgan fingerprint density at radius 2 is 1.73 bits per heavy atom. The van der Waals surface area contributed by atoms with E-state index in [1.54, 1.807) is 54.6 Å². The molecule has 2 aromatic carbocycles. The first-order valence-corrected chi connectivity index (χ1v) is 7.81. The zero-order valence-corrected chi connectivity index (χ0v) is 13.6. The summed E-state index contributed by atoms with van der Waals surface area (Å²) in [6.45, 7) is 0.298. The van der Waals surface area contributed by atoms with Crippen molar-refractivity contribution in [2.75, 3.05) is 6.54 Å². The molecule has 0 spiro atoms. The van der Waals surface area contributed by atoms with Crippen molar-refractivity contribution in [3.05, 3.63) is 82.6 Å². The smallest absolute Gasteiger partial charge is 0.296 e. The molecule has 26 heavy (non-hydrogen) atoms. The van der Waals surface area contributed by atoms with Crippen LogP contribution in [0.5, 0.6) is 0 Å². The van der Waals surface area contributed by atoms with Crippen molar-refractivity contribution in [1.29, 1.82) is 0 Å². The van der Waals surface area contributed by atoms with E-state index in [1.165, 1.54) is 6.20 Å². The van der Waals surface area contributed by atoms with Crippen LogP contribution in [0, 0.1) is 0 Å². The van der Waals surface area contributed by atoms with Crippen LogP contribution in [0.15, 0.2) is 65.9 Å². The van der Waals surface area contributed by atoms with Gasteiger partial charge in [0, 0.05) is 28.9 Å². The lowest BCUT2D eigenvalue weighted by atomic mass is 10.1. The second kappa shape index (κ2) is 7.33. The van der Waals surface area contributed by atoms with E-state index in [1.807, 2.05) is 0 Å². The van der Waals surface area contributed by atoms with Crippen LogP contribution in [-0.4, -0.2) is 16.1 Å². The van der Waals surface area contributed by atoms with Crippen LogP contribution in [0.2, 0.25) is 0 Å². The number of nitrogens with zero attached hydrogens (tertiary/aromatic N) is 5. The Morgan fingerprint density at radius 1 is 1.04 bits per heavy atom. The van der Waals surface area contributed by atoms with Gasteiger partial charge in [-0.2, -0.15) is 13.2 Å². The highest BCUT2D eigenvalue weighted by molar-refractivity contribution is 5.59. The van der Waals surface area contributed by atoms with Gasteiger partial charge >= 0.3 is 6.18 Å². The molecule has 1 aromatic heterocycles. The fraction of sp³-hybridized carbons (Fsp3) is 0.167. The molecule has 3 rings (SSSR count). The average Bonchev–Trinajstić information content (AvgIpc) is 3.09. The molecule has 0 unspecified atom stereocenters. The molecule has 1 heterocycles. The van der Waals surface area contributed by atoms with Gasteiger partial charge in [-0.1, -0.05) is 47.6 Å². The van der Waals surface area contributed by atoms with Crippen LogP contribution < -0.4 is 0 Å². The number of rotatable bonds is 5. The zero-order valence-electron chi connectivity index (χ0n) is 13.6. The Bertz CT molecular complexity index is 924. The number of hydrogen-bond acceptors (Lipinski definition) is 2. The predicted molar refractivity (Wildman–Crippen MR) is 91.7 cm³/mol. The van der Waals surface area contributed by atoms with E-state index in [-0.39, 0.29) is 5.69 Å². The lowest BCUT2D eigenvalue weighted by Crippen LogP contribution is -2.13. The molecule has 5 nitrogen and oxygen atoms in total. The average molecular weight is 357 g/mol. The molecule has 0 fully saturated rings. The summed E-state index contributed by atoms with van der Waals surface area (Å²) in [4.78, 5) is 6.47. The zero-order chi connectivity index (χ0) is 18.6. The van der Waals surface area contributed by atoms with Crippen LogP contribution in [0.3, 0.4) is 0 Å². The van der Waals surface area contributed by atoms with Crippen molar-refractivity contribution < 1.29 is 13.2 Å². The lowest BCUT2D eigenvalue weighted by Gasteiger charge is -2.10. The molecule has 0 amide bonds.